The predicted molar refractivity (Wildman–Crippen MR) is 118 cm³/mol. The van der Waals surface area contributed by atoms with E-state index in [9.17, 15) is 4.79 Å². The van der Waals surface area contributed by atoms with Crippen LogP contribution in [0.4, 0.5) is 0 Å². The van der Waals surface area contributed by atoms with Gasteiger partial charge in [-0.15, -0.1) is 0 Å². The summed E-state index contributed by atoms with van der Waals surface area (Å²) >= 11 is 0. The maximum atomic E-state index is 12.5. The molecular formula is C23H26N4O4. The molecular weight excluding hydrogens is 396 g/mol. The Kier molecular flexibility index (Phi) is 6.92. The van der Waals surface area contributed by atoms with Crippen LogP contribution in [0.2, 0.25) is 0 Å². The van der Waals surface area contributed by atoms with Crippen molar-refractivity contribution in [2.24, 2.45) is 5.10 Å². The van der Waals surface area contributed by atoms with Crippen LogP contribution in [0.3, 0.4) is 0 Å². The van der Waals surface area contributed by atoms with Gasteiger partial charge in [-0.3, -0.25) is 9.48 Å². The number of aryl methyl sites for hydroxylation is 2. The van der Waals surface area contributed by atoms with Gasteiger partial charge in [-0.05, 0) is 49.7 Å². The van der Waals surface area contributed by atoms with Crippen LogP contribution in [-0.4, -0.2) is 43.2 Å². The van der Waals surface area contributed by atoms with Crippen LogP contribution >= 0.6 is 0 Å². The highest BCUT2D eigenvalue weighted by Crippen LogP contribution is 2.37. The van der Waals surface area contributed by atoms with Crippen LogP contribution in [0.25, 0.3) is 0 Å². The van der Waals surface area contributed by atoms with Gasteiger partial charge in [0.25, 0.3) is 5.91 Å². The average Bonchev–Trinajstić information content (AvgIpc) is 3.09. The van der Waals surface area contributed by atoms with Crippen LogP contribution in [0, 0.1) is 13.8 Å². The molecule has 0 bridgehead atoms. The molecule has 2 aromatic carbocycles. The molecule has 0 aliphatic carbocycles. The van der Waals surface area contributed by atoms with Gasteiger partial charge in [0.2, 0.25) is 5.75 Å². The van der Waals surface area contributed by atoms with E-state index in [1.165, 1.54) is 13.3 Å². The molecule has 1 N–H and O–H groups in total. The Balaban J connectivity index is 1.71. The summed E-state index contributed by atoms with van der Waals surface area (Å²) in [7, 11) is 4.62. The Bertz CT molecular complexity index is 1080. The summed E-state index contributed by atoms with van der Waals surface area (Å²) in [6.07, 6.45) is 1.52. The third kappa shape index (κ3) is 5.22. The lowest BCUT2D eigenvalue weighted by Gasteiger charge is -2.12. The minimum atomic E-state index is -0.307. The number of hydrogen-bond donors (Lipinski definition) is 1. The van der Waals surface area contributed by atoms with Crippen molar-refractivity contribution in [2.75, 3.05) is 21.3 Å². The molecule has 162 valence electrons. The van der Waals surface area contributed by atoms with Gasteiger partial charge in [0, 0.05) is 16.8 Å². The molecule has 0 aliphatic heterocycles. The third-order valence-electron chi connectivity index (χ3n) is 4.69. The Labute approximate surface area is 181 Å². The number of ether oxygens (including phenoxy) is 3. The summed E-state index contributed by atoms with van der Waals surface area (Å²) < 4.78 is 17.9. The standard InChI is InChI=1S/C23H26N4O4/c1-15-9-16(2)27(26-15)14-17-7-6-8-19(10-17)23(28)25-24-13-18-11-20(29-3)22(31-5)21(12-18)30-4/h6-13H,14H2,1-5H3,(H,25,28)/b24-13+. The molecule has 3 aromatic rings. The first-order chi connectivity index (χ1) is 14.9. The number of methoxy groups -OCH3 is 3. The number of benzene rings is 2. The molecule has 1 amide bonds. The number of nitrogens with zero attached hydrogens (tertiary/aromatic N) is 3. The number of hydrogen-bond acceptors (Lipinski definition) is 6. The first-order valence-electron chi connectivity index (χ1n) is 9.68. The summed E-state index contributed by atoms with van der Waals surface area (Å²) in [5.41, 5.74) is 6.77. The van der Waals surface area contributed by atoms with Crippen molar-refractivity contribution in [3.05, 3.63) is 70.5 Å². The van der Waals surface area contributed by atoms with Crippen molar-refractivity contribution in [3.63, 3.8) is 0 Å². The van der Waals surface area contributed by atoms with Crippen molar-refractivity contribution >= 4 is 12.1 Å². The Hall–Kier alpha value is -3.81. The normalized spacial score (nSPS) is 10.9. The number of amides is 1. The van der Waals surface area contributed by atoms with Gasteiger partial charge in [-0.2, -0.15) is 10.2 Å². The molecule has 8 heteroatoms. The minimum absolute atomic E-state index is 0.307. The number of carbonyl (C=O) groups is 1. The molecule has 1 aromatic heterocycles. The van der Waals surface area contributed by atoms with Crippen molar-refractivity contribution in [3.8, 4) is 17.2 Å². The second kappa shape index (κ2) is 9.80. The van der Waals surface area contributed by atoms with E-state index in [0.29, 0.717) is 34.9 Å². The topological polar surface area (TPSA) is 87.0 Å². The molecule has 0 radical (unpaired) electrons. The highest BCUT2D eigenvalue weighted by atomic mass is 16.5. The van der Waals surface area contributed by atoms with Crippen LogP contribution in [-0.2, 0) is 6.54 Å². The molecule has 0 fully saturated rings. The van der Waals surface area contributed by atoms with Crippen LogP contribution in [0.1, 0.15) is 32.9 Å². The fourth-order valence-corrected chi connectivity index (χ4v) is 3.22. The first kappa shape index (κ1) is 21.9. The minimum Gasteiger partial charge on any atom is -0.493 e. The van der Waals surface area contributed by atoms with Crippen LogP contribution in [0.15, 0.2) is 47.6 Å². The van der Waals surface area contributed by atoms with Gasteiger partial charge in [-0.25, -0.2) is 5.43 Å². The molecule has 0 saturated heterocycles. The molecule has 0 unspecified atom stereocenters. The molecule has 8 nitrogen and oxygen atoms in total. The number of hydrazone groups is 1. The second-order valence-electron chi connectivity index (χ2n) is 6.94. The average molecular weight is 422 g/mol. The molecule has 0 saturated carbocycles. The van der Waals surface area contributed by atoms with E-state index in [0.717, 1.165) is 17.0 Å². The zero-order chi connectivity index (χ0) is 22.4. The first-order valence-corrected chi connectivity index (χ1v) is 9.68. The lowest BCUT2D eigenvalue weighted by Crippen LogP contribution is -2.18. The van der Waals surface area contributed by atoms with E-state index >= 15 is 0 Å². The van der Waals surface area contributed by atoms with Crippen molar-refractivity contribution in [1.82, 2.24) is 15.2 Å². The monoisotopic (exact) mass is 422 g/mol. The van der Waals surface area contributed by atoms with Crippen molar-refractivity contribution < 1.29 is 19.0 Å². The highest BCUT2D eigenvalue weighted by molar-refractivity contribution is 5.95. The summed E-state index contributed by atoms with van der Waals surface area (Å²) in [5.74, 6) is 1.20. The Morgan fingerprint density at radius 2 is 1.77 bits per heavy atom. The van der Waals surface area contributed by atoms with E-state index in [-0.39, 0.29) is 5.91 Å². The lowest BCUT2D eigenvalue weighted by atomic mass is 10.1. The third-order valence-corrected chi connectivity index (χ3v) is 4.69. The van der Waals surface area contributed by atoms with E-state index < -0.39 is 0 Å². The van der Waals surface area contributed by atoms with E-state index in [4.69, 9.17) is 14.2 Å². The summed E-state index contributed by atoms with van der Waals surface area (Å²) in [6.45, 7) is 4.56. The van der Waals surface area contributed by atoms with Crippen LogP contribution in [0.5, 0.6) is 17.2 Å². The second-order valence-corrected chi connectivity index (χ2v) is 6.94. The Morgan fingerprint density at radius 1 is 1.06 bits per heavy atom. The van der Waals surface area contributed by atoms with Gasteiger partial charge in [0.15, 0.2) is 11.5 Å². The quantitative estimate of drug-likeness (QED) is 0.444. The zero-order valence-corrected chi connectivity index (χ0v) is 18.3. The SMILES string of the molecule is COc1cc(/C=N/NC(=O)c2cccc(Cn3nc(C)cc3C)c2)cc(OC)c1OC. The molecule has 0 aliphatic rings. The molecule has 0 atom stereocenters. The highest BCUT2D eigenvalue weighted by Gasteiger charge is 2.12. The number of aromatic nitrogens is 2. The molecule has 31 heavy (non-hydrogen) atoms. The smallest absolute Gasteiger partial charge is 0.271 e. The maximum Gasteiger partial charge on any atom is 0.271 e. The number of rotatable bonds is 8. The zero-order valence-electron chi connectivity index (χ0n) is 18.3. The van der Waals surface area contributed by atoms with Gasteiger partial charge in [0.1, 0.15) is 0 Å². The molecule has 3 rings (SSSR count). The lowest BCUT2D eigenvalue weighted by molar-refractivity contribution is 0.0955. The molecule has 0 spiro atoms. The van der Waals surface area contributed by atoms with E-state index in [2.05, 4.69) is 15.6 Å². The predicted octanol–water partition coefficient (Wildman–Crippen LogP) is 3.34. The van der Waals surface area contributed by atoms with Crippen molar-refractivity contribution in [2.45, 2.75) is 20.4 Å². The van der Waals surface area contributed by atoms with Gasteiger partial charge < -0.3 is 14.2 Å². The fraction of sp³-hybridized carbons (Fsp3) is 0.261. The summed E-state index contributed by atoms with van der Waals surface area (Å²) in [6, 6.07) is 12.9. The van der Waals surface area contributed by atoms with Crippen LogP contribution < -0.4 is 19.6 Å². The van der Waals surface area contributed by atoms with E-state index in [1.54, 1.807) is 32.4 Å². The van der Waals surface area contributed by atoms with Crippen molar-refractivity contribution in [1.29, 1.82) is 0 Å². The Morgan fingerprint density at radius 3 is 2.35 bits per heavy atom. The van der Waals surface area contributed by atoms with E-state index in [1.807, 2.05) is 42.8 Å². The molecule has 1 heterocycles. The maximum absolute atomic E-state index is 12.5. The van der Waals surface area contributed by atoms with Gasteiger partial charge in [0.05, 0.1) is 39.8 Å². The van der Waals surface area contributed by atoms with Gasteiger partial charge >= 0.3 is 0 Å². The summed E-state index contributed by atoms with van der Waals surface area (Å²) in [4.78, 5) is 12.5. The fourth-order valence-electron chi connectivity index (χ4n) is 3.22. The number of carbonyl (C=O) groups excluding carboxylic acids is 1. The number of nitrogens with one attached hydrogen (secondary N) is 1. The van der Waals surface area contributed by atoms with Gasteiger partial charge in [-0.1, -0.05) is 12.1 Å². The summed E-state index contributed by atoms with van der Waals surface area (Å²) in [5, 5.41) is 8.53. The largest absolute Gasteiger partial charge is 0.493 e.